The molecule has 5 atom stereocenters. The van der Waals surface area contributed by atoms with Crippen molar-refractivity contribution in [2.24, 2.45) is 0 Å². The molecule has 1 aliphatic rings. The summed E-state index contributed by atoms with van der Waals surface area (Å²) >= 11 is 0. The number of amides is 1. The minimum atomic E-state index is -5.07. The van der Waals surface area contributed by atoms with Crippen LogP contribution in [-0.4, -0.2) is 77.2 Å². The Labute approximate surface area is 174 Å². The summed E-state index contributed by atoms with van der Waals surface area (Å²) < 4.78 is 28.6. The van der Waals surface area contributed by atoms with Gasteiger partial charge in [-0.1, -0.05) is 0 Å². The smallest absolute Gasteiger partial charge is 0.453 e. The molecular weight excluding hydrogens is 439 g/mol. The minimum Gasteiger partial charge on any atom is -0.453 e. The first-order valence-corrected chi connectivity index (χ1v) is 10.5. The van der Waals surface area contributed by atoms with Crippen molar-refractivity contribution in [2.45, 2.75) is 44.4 Å². The van der Waals surface area contributed by atoms with Crippen molar-refractivity contribution in [3.05, 3.63) is 12.7 Å². The summed E-state index contributed by atoms with van der Waals surface area (Å²) in [6.07, 6.45) is -3.11. The fourth-order valence-electron chi connectivity index (χ4n) is 3.15. The molecule has 2 aromatic rings. The number of carbonyl (C=O) groups is 2. The zero-order chi connectivity index (χ0) is 22.9. The van der Waals surface area contributed by atoms with Crippen molar-refractivity contribution < 1.29 is 43.0 Å². The van der Waals surface area contributed by atoms with Crippen LogP contribution in [0.2, 0.25) is 0 Å². The number of rotatable bonds is 7. The maximum atomic E-state index is 12.5. The van der Waals surface area contributed by atoms with Crippen molar-refractivity contribution in [3.63, 3.8) is 0 Å². The van der Waals surface area contributed by atoms with Crippen LogP contribution in [0.15, 0.2) is 12.7 Å². The summed E-state index contributed by atoms with van der Waals surface area (Å²) in [5.41, 5.74) is 6.17. The van der Waals surface area contributed by atoms with E-state index in [1.54, 1.807) is 0 Å². The topological polar surface area (TPSA) is 221 Å². The Hall–Kier alpha value is -2.68. The van der Waals surface area contributed by atoms with E-state index in [1.807, 2.05) is 0 Å². The number of nitrogens with zero attached hydrogens (tertiary/aromatic N) is 4. The van der Waals surface area contributed by atoms with Crippen molar-refractivity contribution in [1.82, 2.24) is 24.8 Å². The van der Waals surface area contributed by atoms with Gasteiger partial charge in [-0.25, -0.2) is 24.3 Å². The van der Waals surface area contributed by atoms with Gasteiger partial charge in [0.15, 0.2) is 23.8 Å². The van der Waals surface area contributed by atoms with Crippen LogP contribution < -0.4 is 11.1 Å². The summed E-state index contributed by atoms with van der Waals surface area (Å²) in [5.74, 6) is -1.35. The standard InChI is InChI=1S/C15H21N6O9P/c1-6(20-7(2)23)15(24)29-11-10(30-31(25,26)27)8(3-22)28-14(11)21-5-19-9-12(16)17-4-18-13(9)21/h4-6,8,10-11,14,22H,3H2,1-2H3,(H,20,23)(H2,16,17,18)(H2,25,26,27)/t6?,8-,10-,11-,14-/m1/s1. The number of phosphoric ester groups is 1. The van der Waals surface area contributed by atoms with Gasteiger partial charge in [-0.15, -0.1) is 0 Å². The molecule has 6 N–H and O–H groups in total. The maximum Gasteiger partial charge on any atom is 0.470 e. The quantitative estimate of drug-likeness (QED) is 0.228. The normalized spacial score (nSPS) is 24.8. The van der Waals surface area contributed by atoms with E-state index in [-0.39, 0.29) is 17.0 Å². The van der Waals surface area contributed by atoms with Crippen molar-refractivity contribution in [3.8, 4) is 0 Å². The van der Waals surface area contributed by atoms with Gasteiger partial charge >= 0.3 is 13.8 Å². The Morgan fingerprint density at radius 3 is 2.68 bits per heavy atom. The molecule has 15 nitrogen and oxygen atoms in total. The molecule has 0 bridgehead atoms. The first kappa shape index (κ1) is 23.0. The molecule has 0 spiro atoms. The van der Waals surface area contributed by atoms with Crippen molar-refractivity contribution >= 4 is 36.7 Å². The van der Waals surface area contributed by atoms with Gasteiger partial charge in [-0.3, -0.25) is 13.9 Å². The lowest BCUT2D eigenvalue weighted by Gasteiger charge is -2.26. The lowest BCUT2D eigenvalue weighted by molar-refractivity contribution is -0.161. The number of imidazole rings is 1. The highest BCUT2D eigenvalue weighted by atomic mass is 31.2. The number of aromatic nitrogens is 4. The van der Waals surface area contributed by atoms with Crippen LogP contribution in [0.1, 0.15) is 20.1 Å². The number of fused-ring (bicyclic) bond motifs is 1. The zero-order valence-electron chi connectivity index (χ0n) is 16.4. The molecule has 1 saturated heterocycles. The van der Waals surface area contributed by atoms with Gasteiger partial charge in [0, 0.05) is 6.92 Å². The molecule has 2 aromatic heterocycles. The molecule has 16 heteroatoms. The highest BCUT2D eigenvalue weighted by Gasteiger charge is 2.52. The first-order valence-electron chi connectivity index (χ1n) is 8.92. The Kier molecular flexibility index (Phi) is 6.54. The van der Waals surface area contributed by atoms with E-state index in [2.05, 4.69) is 20.3 Å². The second-order valence-electron chi connectivity index (χ2n) is 6.71. The molecule has 3 rings (SSSR count). The van der Waals surface area contributed by atoms with Gasteiger partial charge in [-0.05, 0) is 6.92 Å². The summed E-state index contributed by atoms with van der Waals surface area (Å²) in [4.78, 5) is 54.3. The van der Waals surface area contributed by atoms with E-state index in [9.17, 15) is 29.0 Å². The fraction of sp³-hybridized carbons (Fsp3) is 0.533. The third kappa shape index (κ3) is 4.98. The first-order chi connectivity index (χ1) is 14.5. The summed E-state index contributed by atoms with van der Waals surface area (Å²) in [6, 6.07) is -1.08. The number of esters is 1. The van der Waals surface area contributed by atoms with Crippen LogP contribution in [0.3, 0.4) is 0 Å². The molecule has 1 fully saturated rings. The van der Waals surface area contributed by atoms with E-state index >= 15 is 0 Å². The Bertz CT molecular complexity index is 1030. The van der Waals surface area contributed by atoms with Crippen LogP contribution in [-0.2, 0) is 28.2 Å². The van der Waals surface area contributed by atoms with Crippen LogP contribution >= 0.6 is 7.82 Å². The fourth-order valence-corrected chi connectivity index (χ4v) is 3.72. The number of phosphoric acid groups is 1. The Morgan fingerprint density at radius 1 is 1.35 bits per heavy atom. The molecule has 0 radical (unpaired) electrons. The van der Waals surface area contributed by atoms with Gasteiger partial charge in [0.1, 0.15) is 30.1 Å². The lowest BCUT2D eigenvalue weighted by Crippen LogP contribution is -2.44. The maximum absolute atomic E-state index is 12.5. The minimum absolute atomic E-state index is 0.0660. The number of hydrogen-bond donors (Lipinski definition) is 5. The summed E-state index contributed by atoms with van der Waals surface area (Å²) in [5, 5.41) is 12.0. The SMILES string of the molecule is CC(=O)NC(C)C(=O)O[C@@H]1[C@H](OP(=O)(O)O)[C@@H](CO)O[C@H]1n1cnc2c(N)ncnc21. The third-order valence-corrected chi connectivity index (χ3v) is 4.93. The number of hydrogen-bond acceptors (Lipinski definition) is 11. The zero-order valence-corrected chi connectivity index (χ0v) is 17.2. The number of aliphatic hydroxyl groups is 1. The van der Waals surface area contributed by atoms with E-state index in [0.717, 1.165) is 6.33 Å². The summed E-state index contributed by atoms with van der Waals surface area (Å²) in [6.45, 7) is 1.85. The van der Waals surface area contributed by atoms with E-state index in [4.69, 9.17) is 19.7 Å². The molecule has 170 valence electrons. The number of ether oxygens (including phenoxy) is 2. The van der Waals surface area contributed by atoms with Gasteiger partial charge in [0.05, 0.1) is 12.9 Å². The van der Waals surface area contributed by atoms with Gasteiger partial charge < -0.3 is 35.4 Å². The molecule has 0 aliphatic carbocycles. The molecule has 31 heavy (non-hydrogen) atoms. The van der Waals surface area contributed by atoms with Crippen LogP contribution in [0.4, 0.5) is 5.82 Å². The largest absolute Gasteiger partial charge is 0.470 e. The molecule has 3 heterocycles. The molecule has 0 saturated carbocycles. The highest BCUT2D eigenvalue weighted by molar-refractivity contribution is 7.46. The summed E-state index contributed by atoms with van der Waals surface area (Å²) in [7, 11) is -5.07. The number of nitrogens with two attached hydrogens (primary N) is 1. The van der Waals surface area contributed by atoms with Gasteiger partial charge in [0.25, 0.3) is 0 Å². The van der Waals surface area contributed by atoms with E-state index in [1.165, 1.54) is 24.7 Å². The molecule has 1 unspecified atom stereocenters. The van der Waals surface area contributed by atoms with Gasteiger partial charge in [0.2, 0.25) is 5.91 Å². The third-order valence-electron chi connectivity index (χ3n) is 4.41. The second kappa shape index (κ2) is 8.82. The predicted octanol–water partition coefficient (Wildman–Crippen LogP) is -1.79. The van der Waals surface area contributed by atoms with Crippen LogP contribution in [0, 0.1) is 0 Å². The Morgan fingerprint density at radius 2 is 2.06 bits per heavy atom. The number of nitrogens with one attached hydrogen (secondary N) is 1. The van der Waals surface area contributed by atoms with Crippen LogP contribution in [0.25, 0.3) is 11.2 Å². The van der Waals surface area contributed by atoms with Crippen molar-refractivity contribution in [1.29, 1.82) is 0 Å². The molecule has 1 amide bonds. The molecule has 0 aromatic carbocycles. The second-order valence-corrected chi connectivity index (χ2v) is 7.91. The number of carbonyl (C=O) groups excluding carboxylic acids is 2. The monoisotopic (exact) mass is 460 g/mol. The molecular formula is C15H21N6O9P. The number of nitrogen functional groups attached to an aromatic ring is 1. The van der Waals surface area contributed by atoms with Gasteiger partial charge in [-0.2, -0.15) is 0 Å². The molecule has 1 aliphatic heterocycles. The number of aliphatic hydroxyl groups excluding tert-OH is 1. The van der Waals surface area contributed by atoms with Crippen LogP contribution in [0.5, 0.6) is 0 Å². The van der Waals surface area contributed by atoms with E-state index in [0.29, 0.717) is 0 Å². The highest BCUT2D eigenvalue weighted by Crippen LogP contribution is 2.45. The Balaban J connectivity index is 2.00. The average Bonchev–Trinajstić information content (AvgIpc) is 3.22. The van der Waals surface area contributed by atoms with Crippen molar-refractivity contribution in [2.75, 3.05) is 12.3 Å². The van der Waals surface area contributed by atoms with E-state index < -0.39 is 56.9 Å². The predicted molar refractivity (Wildman–Crippen MR) is 101 cm³/mol. The lowest BCUT2D eigenvalue weighted by atomic mass is 10.1. The number of anilines is 1. The average molecular weight is 460 g/mol.